The number of rotatable bonds is 4. The average molecular weight is 420 g/mol. The first kappa shape index (κ1) is 18.7. The molecule has 3 aromatic rings. The molecule has 30 heavy (non-hydrogen) atoms. The highest BCUT2D eigenvalue weighted by molar-refractivity contribution is 7.18. The lowest BCUT2D eigenvalue weighted by atomic mass is 9.92. The molecule has 152 valence electrons. The molecule has 2 aliphatic rings. The molecule has 1 N–H and O–H groups in total. The van der Waals surface area contributed by atoms with E-state index in [1.165, 1.54) is 16.2 Å². The van der Waals surface area contributed by atoms with E-state index in [1.54, 1.807) is 7.05 Å². The molecular formula is C22H20N4O3S. The van der Waals surface area contributed by atoms with Crippen molar-refractivity contribution in [3.63, 3.8) is 0 Å². The van der Waals surface area contributed by atoms with E-state index in [4.69, 9.17) is 0 Å². The number of carbonyl (C=O) groups excluding carboxylic acids is 3. The van der Waals surface area contributed by atoms with Crippen LogP contribution in [0.5, 0.6) is 0 Å². The summed E-state index contributed by atoms with van der Waals surface area (Å²) in [5, 5.41) is 3.66. The van der Waals surface area contributed by atoms with Crippen molar-refractivity contribution >= 4 is 39.4 Å². The topological polar surface area (TPSA) is 82.6 Å². The Kier molecular flexibility index (Phi) is 4.32. The van der Waals surface area contributed by atoms with E-state index in [0.29, 0.717) is 13.0 Å². The van der Waals surface area contributed by atoms with Crippen LogP contribution in [-0.4, -0.2) is 46.2 Å². The van der Waals surface area contributed by atoms with Gasteiger partial charge in [-0.2, -0.15) is 0 Å². The molecule has 0 radical (unpaired) electrons. The van der Waals surface area contributed by atoms with E-state index in [2.05, 4.69) is 10.3 Å². The SMILES string of the molecule is CN(Cc1nc2ccccc2s1)C(=O)CN1C(=O)NC2(CCc3ccccc32)C1=O. The van der Waals surface area contributed by atoms with Gasteiger partial charge in [0.25, 0.3) is 5.91 Å². The summed E-state index contributed by atoms with van der Waals surface area (Å²) in [6, 6.07) is 14.9. The van der Waals surface area contributed by atoms with Gasteiger partial charge in [0, 0.05) is 7.05 Å². The van der Waals surface area contributed by atoms with Crippen molar-refractivity contribution in [2.45, 2.75) is 24.9 Å². The van der Waals surface area contributed by atoms with Crippen LogP contribution < -0.4 is 5.32 Å². The Labute approximate surface area is 177 Å². The van der Waals surface area contributed by atoms with Crippen LogP contribution in [0.4, 0.5) is 4.79 Å². The largest absolute Gasteiger partial charge is 0.337 e. The lowest BCUT2D eigenvalue weighted by molar-refractivity contribution is -0.138. The zero-order chi connectivity index (χ0) is 20.9. The number of hydrogen-bond donors (Lipinski definition) is 1. The number of aryl methyl sites for hydroxylation is 1. The molecule has 8 heteroatoms. The highest BCUT2D eigenvalue weighted by Crippen LogP contribution is 2.41. The van der Waals surface area contributed by atoms with Gasteiger partial charge in [-0.1, -0.05) is 36.4 Å². The monoisotopic (exact) mass is 420 g/mol. The summed E-state index contributed by atoms with van der Waals surface area (Å²) in [6.07, 6.45) is 1.24. The predicted octanol–water partition coefficient (Wildman–Crippen LogP) is 2.65. The van der Waals surface area contributed by atoms with Gasteiger partial charge in [0.05, 0.1) is 16.8 Å². The van der Waals surface area contributed by atoms with Crippen molar-refractivity contribution in [3.05, 3.63) is 64.7 Å². The van der Waals surface area contributed by atoms with Crippen LogP contribution in [0.1, 0.15) is 22.6 Å². The zero-order valence-corrected chi connectivity index (χ0v) is 17.2. The van der Waals surface area contributed by atoms with Gasteiger partial charge in [-0.05, 0) is 36.1 Å². The Morgan fingerprint density at radius 2 is 1.97 bits per heavy atom. The summed E-state index contributed by atoms with van der Waals surface area (Å²) in [5.41, 5.74) is 1.75. The molecule has 2 aromatic carbocycles. The molecule has 1 atom stereocenters. The molecule has 0 bridgehead atoms. The lowest BCUT2D eigenvalue weighted by Crippen LogP contribution is -2.44. The molecule has 1 aromatic heterocycles. The number of benzene rings is 2. The highest BCUT2D eigenvalue weighted by atomic mass is 32.1. The predicted molar refractivity (Wildman–Crippen MR) is 113 cm³/mol. The maximum absolute atomic E-state index is 13.2. The Morgan fingerprint density at radius 1 is 1.20 bits per heavy atom. The molecule has 5 rings (SSSR count). The Morgan fingerprint density at radius 3 is 2.80 bits per heavy atom. The number of fused-ring (bicyclic) bond motifs is 3. The normalized spacial score (nSPS) is 20.1. The van der Waals surface area contributed by atoms with Crippen LogP contribution in [0, 0.1) is 0 Å². The fraction of sp³-hybridized carbons (Fsp3) is 0.273. The third-order valence-electron chi connectivity index (χ3n) is 5.85. The van der Waals surface area contributed by atoms with E-state index >= 15 is 0 Å². The molecule has 1 spiro atoms. The lowest BCUT2D eigenvalue weighted by Gasteiger charge is -2.23. The fourth-order valence-corrected chi connectivity index (χ4v) is 5.29. The van der Waals surface area contributed by atoms with Gasteiger partial charge in [-0.3, -0.25) is 14.5 Å². The van der Waals surface area contributed by atoms with E-state index in [0.717, 1.165) is 37.7 Å². The quantitative estimate of drug-likeness (QED) is 0.658. The van der Waals surface area contributed by atoms with Crippen LogP contribution in [0.3, 0.4) is 0 Å². The second kappa shape index (κ2) is 6.91. The molecule has 4 amide bonds. The molecule has 1 aliphatic carbocycles. The minimum absolute atomic E-state index is 0.282. The molecule has 1 saturated heterocycles. The molecular weight excluding hydrogens is 400 g/mol. The summed E-state index contributed by atoms with van der Waals surface area (Å²) in [6.45, 7) is 0.0474. The third kappa shape index (κ3) is 2.87. The van der Waals surface area contributed by atoms with Crippen LogP contribution >= 0.6 is 11.3 Å². The number of urea groups is 1. The summed E-state index contributed by atoms with van der Waals surface area (Å²) in [4.78, 5) is 45.7. The number of hydrogen-bond acceptors (Lipinski definition) is 5. The van der Waals surface area contributed by atoms with Gasteiger partial charge in [-0.15, -0.1) is 11.3 Å². The van der Waals surface area contributed by atoms with E-state index in [1.807, 2.05) is 48.5 Å². The van der Waals surface area contributed by atoms with E-state index in [-0.39, 0.29) is 18.4 Å². The van der Waals surface area contributed by atoms with Crippen molar-refractivity contribution in [1.29, 1.82) is 0 Å². The van der Waals surface area contributed by atoms with Crippen LogP contribution in [-0.2, 0) is 28.1 Å². The summed E-state index contributed by atoms with van der Waals surface area (Å²) >= 11 is 1.53. The number of aromatic nitrogens is 1. The molecule has 0 saturated carbocycles. The summed E-state index contributed by atoms with van der Waals surface area (Å²) in [5.74, 6) is -0.653. The Bertz CT molecular complexity index is 1160. The second-order valence-corrected chi connectivity index (χ2v) is 8.82. The minimum Gasteiger partial charge on any atom is -0.337 e. The zero-order valence-electron chi connectivity index (χ0n) is 16.4. The maximum atomic E-state index is 13.2. The van der Waals surface area contributed by atoms with Gasteiger partial charge < -0.3 is 10.2 Å². The van der Waals surface area contributed by atoms with Gasteiger partial charge in [0.15, 0.2) is 0 Å². The number of nitrogens with zero attached hydrogens (tertiary/aromatic N) is 3. The van der Waals surface area contributed by atoms with Crippen molar-refractivity contribution in [3.8, 4) is 0 Å². The molecule has 1 fully saturated rings. The Hall–Kier alpha value is -3.26. The number of carbonyl (C=O) groups is 3. The van der Waals surface area contributed by atoms with Gasteiger partial charge >= 0.3 is 6.03 Å². The first-order valence-electron chi connectivity index (χ1n) is 9.79. The van der Waals surface area contributed by atoms with Gasteiger partial charge in [0.2, 0.25) is 5.91 Å². The molecule has 1 unspecified atom stereocenters. The first-order valence-corrected chi connectivity index (χ1v) is 10.6. The minimum atomic E-state index is -1.04. The molecule has 1 aliphatic heterocycles. The molecule has 7 nitrogen and oxygen atoms in total. The van der Waals surface area contributed by atoms with Gasteiger partial charge in [-0.25, -0.2) is 9.78 Å². The molecule has 2 heterocycles. The van der Waals surface area contributed by atoms with Crippen molar-refractivity contribution in [2.24, 2.45) is 0 Å². The van der Waals surface area contributed by atoms with Crippen molar-refractivity contribution in [1.82, 2.24) is 20.1 Å². The second-order valence-electron chi connectivity index (χ2n) is 7.71. The average Bonchev–Trinajstić information content (AvgIpc) is 3.39. The number of nitrogens with one attached hydrogen (secondary N) is 1. The highest BCUT2D eigenvalue weighted by Gasteiger charge is 2.55. The third-order valence-corrected chi connectivity index (χ3v) is 6.87. The smallest absolute Gasteiger partial charge is 0.325 e. The van der Waals surface area contributed by atoms with Crippen LogP contribution in [0.15, 0.2) is 48.5 Å². The fourth-order valence-electron chi connectivity index (χ4n) is 4.27. The first-order chi connectivity index (χ1) is 14.5. The number of likely N-dealkylation sites (N-methyl/N-ethyl adjacent to an activating group) is 1. The number of imide groups is 1. The van der Waals surface area contributed by atoms with Gasteiger partial charge in [0.1, 0.15) is 17.1 Å². The Balaban J connectivity index is 1.31. The summed E-state index contributed by atoms with van der Waals surface area (Å²) < 4.78 is 1.06. The van der Waals surface area contributed by atoms with Crippen molar-refractivity contribution in [2.75, 3.05) is 13.6 Å². The van der Waals surface area contributed by atoms with E-state index in [9.17, 15) is 14.4 Å². The maximum Gasteiger partial charge on any atom is 0.325 e. The summed E-state index contributed by atoms with van der Waals surface area (Å²) in [7, 11) is 1.66. The number of thiazole rings is 1. The van der Waals surface area contributed by atoms with E-state index < -0.39 is 11.6 Å². The van der Waals surface area contributed by atoms with Crippen LogP contribution in [0.25, 0.3) is 10.2 Å². The van der Waals surface area contributed by atoms with Crippen molar-refractivity contribution < 1.29 is 14.4 Å². The number of para-hydroxylation sites is 1. The number of amides is 4. The standard InChI is InChI=1S/C22H20N4O3S/c1-25(12-18-23-16-8-4-5-9-17(16)30-18)19(27)13-26-20(28)22(24-21(26)29)11-10-14-6-2-3-7-15(14)22/h2-9H,10-13H2,1H3,(H,24,29). The van der Waals surface area contributed by atoms with Crippen LogP contribution in [0.2, 0.25) is 0 Å².